The molecule has 0 aliphatic carbocycles. The van der Waals surface area contributed by atoms with Crippen LogP contribution in [0.15, 0.2) is 72.8 Å². The Hall–Kier alpha value is -3.88. The molecule has 3 aromatic rings. The summed E-state index contributed by atoms with van der Waals surface area (Å²) < 4.78 is 138. The Labute approximate surface area is 213 Å². The van der Waals surface area contributed by atoms with Crippen molar-refractivity contribution in [2.75, 3.05) is 17.3 Å². The molecule has 0 aromatic heterocycles. The van der Waals surface area contributed by atoms with Gasteiger partial charge in [0.1, 0.15) is 11.5 Å². The number of alkyl halides is 10. The maximum absolute atomic E-state index is 14.2. The van der Waals surface area contributed by atoms with Crippen molar-refractivity contribution in [1.29, 1.82) is 0 Å². The Kier molecular flexibility index (Phi) is 8.15. The highest BCUT2D eigenvalue weighted by Crippen LogP contribution is 2.52. The van der Waals surface area contributed by atoms with Gasteiger partial charge < -0.3 is 20.4 Å². The van der Waals surface area contributed by atoms with Crippen LogP contribution in [-0.4, -0.2) is 36.0 Å². The van der Waals surface area contributed by atoms with Gasteiger partial charge in [0.25, 0.3) is 0 Å². The van der Waals surface area contributed by atoms with Gasteiger partial charge in [0.2, 0.25) is 0 Å². The van der Waals surface area contributed by atoms with Gasteiger partial charge in [-0.05, 0) is 48.5 Å². The van der Waals surface area contributed by atoms with Crippen molar-refractivity contribution in [2.45, 2.75) is 30.3 Å². The van der Waals surface area contributed by atoms with Crippen molar-refractivity contribution in [3.63, 3.8) is 0 Å². The van der Waals surface area contributed by atoms with E-state index in [1.165, 1.54) is 42.5 Å². The molecule has 0 radical (unpaired) electrons. The summed E-state index contributed by atoms with van der Waals surface area (Å²) in [6.07, 6.45) is -14.8. The fourth-order valence-electron chi connectivity index (χ4n) is 3.06. The third-order valence-electron chi connectivity index (χ3n) is 5.10. The maximum atomic E-state index is 14.2. The van der Waals surface area contributed by atoms with Crippen molar-refractivity contribution in [3.05, 3.63) is 78.4 Å². The predicted molar refractivity (Wildman–Crippen MR) is 119 cm³/mol. The number of nitrogens with two attached hydrogens (primary N) is 1. The second kappa shape index (κ2) is 10.7. The largest absolute Gasteiger partial charge is 0.460 e. The van der Waals surface area contributed by atoms with E-state index in [9.17, 15) is 49.0 Å². The van der Waals surface area contributed by atoms with Crippen LogP contribution in [0, 0.1) is 0 Å². The summed E-state index contributed by atoms with van der Waals surface area (Å²) in [5.41, 5.74) is 3.94. The fourth-order valence-corrected chi connectivity index (χ4v) is 3.06. The Morgan fingerprint density at radius 1 is 0.744 bits per heavy atom. The Balaban J connectivity index is 1.96. The number of nitrogen functional groups attached to an aromatic ring is 1. The second-order valence-electron chi connectivity index (χ2n) is 8.05. The number of rotatable bonds is 9. The van der Waals surface area contributed by atoms with Gasteiger partial charge in [-0.3, -0.25) is 0 Å². The van der Waals surface area contributed by atoms with Crippen LogP contribution < -0.4 is 20.4 Å². The fraction of sp³-hybridized carbons (Fsp3) is 0.250. The minimum absolute atomic E-state index is 0.0393. The van der Waals surface area contributed by atoms with E-state index in [0.717, 1.165) is 12.1 Å². The van der Waals surface area contributed by atoms with E-state index >= 15 is 0 Å². The summed E-state index contributed by atoms with van der Waals surface area (Å²) in [5, 5.41) is 9.95. The number of halogens is 10. The summed E-state index contributed by atoms with van der Waals surface area (Å²) in [6, 6.07) is 12.8. The molecule has 15 heteroatoms. The minimum atomic E-state index is -6.61. The molecule has 0 heterocycles. The van der Waals surface area contributed by atoms with Gasteiger partial charge in [-0.2, -0.15) is 43.9 Å². The number of aliphatic hydroxyl groups is 1. The highest BCUT2D eigenvalue weighted by molar-refractivity contribution is 5.51. The topological polar surface area (TPSA) is 68.0 Å². The molecule has 0 aliphatic rings. The molecule has 212 valence electrons. The lowest BCUT2D eigenvalue weighted by Gasteiger charge is -2.30. The molecule has 39 heavy (non-hydrogen) atoms. The molecular weight excluding hydrogens is 554 g/mol. The molecule has 0 amide bonds. The van der Waals surface area contributed by atoms with Gasteiger partial charge in [-0.15, -0.1) is 0 Å². The molecule has 0 aliphatic heterocycles. The van der Waals surface area contributed by atoms with Gasteiger partial charge in [0.15, 0.2) is 11.9 Å². The summed E-state index contributed by atoms with van der Waals surface area (Å²) in [4.78, 5) is 5.16. The molecule has 0 saturated carbocycles. The zero-order valence-electron chi connectivity index (χ0n) is 19.3. The maximum Gasteiger partial charge on any atom is 0.460 e. The lowest BCUT2D eigenvalue weighted by molar-refractivity contribution is -0.359. The molecule has 1 unspecified atom stereocenters. The highest BCUT2D eigenvalue weighted by Gasteiger charge is 2.73. The third kappa shape index (κ3) is 6.77. The van der Waals surface area contributed by atoms with Crippen molar-refractivity contribution >= 4 is 11.4 Å². The molecule has 1 atom stereocenters. The smallest absolute Gasteiger partial charge is 0.457 e. The quantitative estimate of drug-likeness (QED) is 0.163. The number of aliphatic hydroxyl groups excluding tert-OH is 1. The summed E-state index contributed by atoms with van der Waals surface area (Å²) in [5.74, 6) is -12.8. The molecule has 3 rings (SSSR count). The predicted octanol–water partition coefficient (Wildman–Crippen LogP) is 7.07. The van der Waals surface area contributed by atoms with Gasteiger partial charge >= 0.3 is 24.2 Å². The monoisotopic (exact) mass is 572 g/mol. The first kappa shape index (κ1) is 29.7. The zero-order valence-corrected chi connectivity index (χ0v) is 19.3. The molecule has 3 aromatic carbocycles. The summed E-state index contributed by atoms with van der Waals surface area (Å²) >= 11 is 0. The van der Waals surface area contributed by atoms with E-state index in [2.05, 4.69) is 0 Å². The van der Waals surface area contributed by atoms with Crippen molar-refractivity contribution < 1.29 is 58.6 Å². The van der Waals surface area contributed by atoms with Crippen LogP contribution in [0.4, 0.5) is 55.3 Å². The van der Waals surface area contributed by atoms with Crippen molar-refractivity contribution in [3.8, 4) is 17.2 Å². The number of ether oxygens (including phenoxy) is 1. The number of hydroxylamine groups is 1. The number of benzene rings is 3. The molecule has 0 fully saturated rings. The third-order valence-corrected chi connectivity index (χ3v) is 5.10. The zero-order chi connectivity index (χ0) is 29.2. The number of anilines is 2. The molecule has 3 N–H and O–H groups in total. The van der Waals surface area contributed by atoms with Crippen LogP contribution >= 0.6 is 0 Å². The van der Waals surface area contributed by atoms with Crippen molar-refractivity contribution in [2.24, 2.45) is 0 Å². The molecule has 5 nitrogen and oxygen atoms in total. The average Bonchev–Trinajstić information content (AvgIpc) is 2.84. The van der Waals surface area contributed by atoms with Gasteiger partial charge in [0.05, 0.1) is 12.2 Å². The SMILES string of the molecule is Nc1ccc(Oc2cccc(N(CC(O)C(F)(F)F)Oc3cccc(C(F)(F)C(F)(F)C(F)(F)F)c3)c2)cc1. The van der Waals surface area contributed by atoms with Crippen LogP contribution in [0.2, 0.25) is 0 Å². The molecule has 0 saturated heterocycles. The number of nitrogens with zero attached hydrogens (tertiary/aromatic N) is 1. The van der Waals surface area contributed by atoms with Crippen LogP contribution in [0.5, 0.6) is 17.2 Å². The normalized spacial score (nSPS) is 13.6. The average molecular weight is 572 g/mol. The van der Waals surface area contributed by atoms with Crippen LogP contribution in [0.3, 0.4) is 0 Å². The van der Waals surface area contributed by atoms with E-state index in [-0.39, 0.29) is 29.3 Å². The highest BCUT2D eigenvalue weighted by atomic mass is 19.4. The van der Waals surface area contributed by atoms with Gasteiger partial charge in [-0.25, -0.2) is 5.06 Å². The molecule has 0 bridgehead atoms. The molecular formula is C24H18F10N2O3. The van der Waals surface area contributed by atoms with Crippen LogP contribution in [0.25, 0.3) is 0 Å². The van der Waals surface area contributed by atoms with E-state index in [1.807, 2.05) is 0 Å². The van der Waals surface area contributed by atoms with Gasteiger partial charge in [0, 0.05) is 17.3 Å². The second-order valence-corrected chi connectivity index (χ2v) is 8.05. The number of hydrogen-bond acceptors (Lipinski definition) is 5. The summed E-state index contributed by atoms with van der Waals surface area (Å²) in [6.45, 7) is -1.35. The van der Waals surface area contributed by atoms with E-state index in [1.54, 1.807) is 0 Å². The molecule has 0 spiro atoms. The summed E-state index contributed by atoms with van der Waals surface area (Å²) in [7, 11) is 0. The van der Waals surface area contributed by atoms with Crippen LogP contribution in [0.1, 0.15) is 5.56 Å². The van der Waals surface area contributed by atoms with E-state index < -0.39 is 48.2 Å². The van der Waals surface area contributed by atoms with E-state index in [0.29, 0.717) is 16.8 Å². The Morgan fingerprint density at radius 3 is 1.92 bits per heavy atom. The standard InChI is InChI=1S/C24H18F10N2O3/c25-21(26,23(30,31)24(32,33)34)14-3-1-6-19(11-14)39-36(13-20(37)22(27,28)29)16-4-2-5-18(12-16)38-17-9-7-15(35)8-10-17/h1-12,20,37H,13,35H2. The first-order valence-electron chi connectivity index (χ1n) is 10.7. The first-order chi connectivity index (χ1) is 17.9. The Morgan fingerprint density at radius 2 is 1.33 bits per heavy atom. The first-order valence-corrected chi connectivity index (χ1v) is 10.7. The van der Waals surface area contributed by atoms with Crippen LogP contribution in [-0.2, 0) is 5.92 Å². The Bertz CT molecular complexity index is 1260. The van der Waals surface area contributed by atoms with Gasteiger partial charge in [-0.1, -0.05) is 18.2 Å². The lowest BCUT2D eigenvalue weighted by Crippen LogP contribution is -2.50. The minimum Gasteiger partial charge on any atom is -0.457 e. The van der Waals surface area contributed by atoms with E-state index in [4.69, 9.17) is 15.3 Å². The lowest BCUT2D eigenvalue weighted by atomic mass is 10.0. The van der Waals surface area contributed by atoms with Crippen molar-refractivity contribution in [1.82, 2.24) is 0 Å². The number of hydrogen-bond donors (Lipinski definition) is 2.